The lowest BCUT2D eigenvalue weighted by Gasteiger charge is -2.06. The average molecular weight is 256 g/mol. The zero-order valence-electron chi connectivity index (χ0n) is 11.5. The third kappa shape index (κ3) is 13.4. The maximum Gasteiger partial charge on any atom is 0.122 e. The zero-order chi connectivity index (χ0) is 13.5. The van der Waals surface area contributed by atoms with E-state index in [0.29, 0.717) is 6.42 Å². The summed E-state index contributed by atoms with van der Waals surface area (Å²) in [7, 11) is 0. The van der Waals surface area contributed by atoms with Crippen LogP contribution in [0.4, 0.5) is 0 Å². The number of hydrogen-bond acceptors (Lipinski definition) is 3. The lowest BCUT2D eigenvalue weighted by Crippen LogP contribution is -2.06. The SMILES string of the molecule is O=CCCCCCCCCCCCC(O)CC=O. The molecule has 0 radical (unpaired) electrons. The van der Waals surface area contributed by atoms with Crippen molar-refractivity contribution in [1.29, 1.82) is 0 Å². The molecule has 0 aromatic carbocycles. The molecule has 0 aliphatic rings. The average Bonchev–Trinajstić information content (AvgIpc) is 2.36. The molecule has 0 aromatic rings. The van der Waals surface area contributed by atoms with Crippen molar-refractivity contribution in [3.05, 3.63) is 0 Å². The van der Waals surface area contributed by atoms with Crippen LogP contribution in [-0.2, 0) is 9.59 Å². The number of hydrogen-bond donors (Lipinski definition) is 1. The molecule has 1 unspecified atom stereocenters. The van der Waals surface area contributed by atoms with E-state index in [9.17, 15) is 14.7 Å². The van der Waals surface area contributed by atoms with Crippen LogP contribution in [0.3, 0.4) is 0 Å². The molecule has 18 heavy (non-hydrogen) atoms. The molecule has 0 amide bonds. The summed E-state index contributed by atoms with van der Waals surface area (Å²) in [6, 6.07) is 0. The van der Waals surface area contributed by atoms with Crippen LogP contribution in [0.1, 0.15) is 77.0 Å². The predicted molar refractivity (Wildman–Crippen MR) is 73.5 cm³/mol. The van der Waals surface area contributed by atoms with Crippen molar-refractivity contribution in [2.24, 2.45) is 0 Å². The lowest BCUT2D eigenvalue weighted by molar-refractivity contribution is -0.109. The van der Waals surface area contributed by atoms with Crippen LogP contribution < -0.4 is 0 Å². The first-order valence-electron chi connectivity index (χ1n) is 7.36. The molecule has 0 fully saturated rings. The number of carbonyl (C=O) groups is 2. The first kappa shape index (κ1) is 17.3. The van der Waals surface area contributed by atoms with Crippen molar-refractivity contribution >= 4 is 12.6 Å². The van der Waals surface area contributed by atoms with E-state index >= 15 is 0 Å². The lowest BCUT2D eigenvalue weighted by atomic mass is 10.0. The van der Waals surface area contributed by atoms with Crippen molar-refractivity contribution in [2.75, 3.05) is 0 Å². The third-order valence-corrected chi connectivity index (χ3v) is 3.23. The van der Waals surface area contributed by atoms with Crippen molar-refractivity contribution in [1.82, 2.24) is 0 Å². The summed E-state index contributed by atoms with van der Waals surface area (Å²) in [5, 5.41) is 9.34. The van der Waals surface area contributed by atoms with Crippen molar-refractivity contribution < 1.29 is 14.7 Å². The first-order chi connectivity index (χ1) is 8.81. The van der Waals surface area contributed by atoms with Crippen LogP contribution in [0.25, 0.3) is 0 Å². The summed E-state index contributed by atoms with van der Waals surface area (Å²) in [4.78, 5) is 20.2. The van der Waals surface area contributed by atoms with Gasteiger partial charge in [0.2, 0.25) is 0 Å². The molecule has 0 bridgehead atoms. The molecular weight excluding hydrogens is 228 g/mol. The van der Waals surface area contributed by atoms with Crippen LogP contribution in [0.2, 0.25) is 0 Å². The molecule has 0 saturated heterocycles. The third-order valence-electron chi connectivity index (χ3n) is 3.23. The van der Waals surface area contributed by atoms with E-state index in [0.717, 1.165) is 38.3 Å². The summed E-state index contributed by atoms with van der Waals surface area (Å²) in [6.45, 7) is 0. The molecular formula is C15H28O3. The summed E-state index contributed by atoms with van der Waals surface area (Å²) >= 11 is 0. The Morgan fingerprint density at radius 2 is 1.22 bits per heavy atom. The Bertz CT molecular complexity index is 192. The topological polar surface area (TPSA) is 54.4 Å². The van der Waals surface area contributed by atoms with Gasteiger partial charge in [0.05, 0.1) is 6.10 Å². The molecule has 1 N–H and O–H groups in total. The van der Waals surface area contributed by atoms with E-state index in [-0.39, 0.29) is 6.42 Å². The maximum absolute atomic E-state index is 10.1. The van der Waals surface area contributed by atoms with Crippen LogP contribution in [-0.4, -0.2) is 23.8 Å². The largest absolute Gasteiger partial charge is 0.393 e. The Kier molecular flexibility index (Phi) is 13.8. The van der Waals surface area contributed by atoms with Gasteiger partial charge in [0, 0.05) is 12.8 Å². The fourth-order valence-corrected chi connectivity index (χ4v) is 2.07. The maximum atomic E-state index is 10.1. The smallest absolute Gasteiger partial charge is 0.122 e. The Balaban J connectivity index is 3.02. The van der Waals surface area contributed by atoms with E-state index < -0.39 is 6.10 Å². The molecule has 3 nitrogen and oxygen atoms in total. The predicted octanol–water partition coefficient (Wildman–Crippen LogP) is 3.43. The highest BCUT2D eigenvalue weighted by Crippen LogP contribution is 2.12. The van der Waals surface area contributed by atoms with Gasteiger partial charge in [-0.25, -0.2) is 0 Å². The number of unbranched alkanes of at least 4 members (excludes halogenated alkanes) is 9. The number of rotatable bonds is 14. The fraction of sp³-hybridized carbons (Fsp3) is 0.867. The molecule has 0 aromatic heterocycles. The van der Waals surface area contributed by atoms with Crippen LogP contribution in [0, 0.1) is 0 Å². The summed E-state index contributed by atoms with van der Waals surface area (Å²) in [6.07, 6.45) is 13.8. The van der Waals surface area contributed by atoms with E-state index in [1.165, 1.54) is 38.5 Å². The van der Waals surface area contributed by atoms with Crippen molar-refractivity contribution in [3.8, 4) is 0 Å². The van der Waals surface area contributed by atoms with E-state index in [1.807, 2.05) is 0 Å². The molecule has 0 spiro atoms. The molecule has 3 heteroatoms. The van der Waals surface area contributed by atoms with Crippen molar-refractivity contribution in [2.45, 2.75) is 83.2 Å². The zero-order valence-corrected chi connectivity index (χ0v) is 11.5. The van der Waals surface area contributed by atoms with Gasteiger partial charge < -0.3 is 14.7 Å². The normalized spacial score (nSPS) is 12.3. The molecule has 0 saturated carbocycles. The highest BCUT2D eigenvalue weighted by Gasteiger charge is 2.01. The van der Waals surface area contributed by atoms with Crippen molar-refractivity contribution in [3.63, 3.8) is 0 Å². The van der Waals surface area contributed by atoms with Gasteiger partial charge in [-0.1, -0.05) is 51.4 Å². The van der Waals surface area contributed by atoms with E-state index in [2.05, 4.69) is 0 Å². The number of aldehydes is 2. The second kappa shape index (κ2) is 14.4. The van der Waals surface area contributed by atoms with Gasteiger partial charge in [0.25, 0.3) is 0 Å². The Labute approximate surface area is 111 Å². The fourth-order valence-electron chi connectivity index (χ4n) is 2.07. The summed E-state index contributed by atoms with van der Waals surface area (Å²) < 4.78 is 0. The first-order valence-corrected chi connectivity index (χ1v) is 7.36. The van der Waals surface area contributed by atoms with Gasteiger partial charge in [0.1, 0.15) is 12.6 Å². The van der Waals surface area contributed by atoms with Gasteiger partial charge in [-0.3, -0.25) is 0 Å². The number of aliphatic hydroxyl groups is 1. The Morgan fingerprint density at radius 3 is 1.72 bits per heavy atom. The molecule has 1 atom stereocenters. The quantitative estimate of drug-likeness (QED) is 0.382. The second-order valence-electron chi connectivity index (χ2n) is 4.98. The molecule has 0 aliphatic heterocycles. The molecule has 0 rings (SSSR count). The Hall–Kier alpha value is -0.700. The standard InChI is InChI=1S/C15H28O3/c16-13-10-8-6-4-2-1-3-5-7-9-11-15(18)12-14-17/h13-15,18H,1-12H2. The minimum atomic E-state index is -0.430. The minimum absolute atomic E-state index is 0.279. The monoisotopic (exact) mass is 256 g/mol. The highest BCUT2D eigenvalue weighted by molar-refractivity contribution is 5.50. The molecule has 0 aliphatic carbocycles. The second-order valence-corrected chi connectivity index (χ2v) is 4.98. The van der Waals surface area contributed by atoms with Gasteiger partial charge in [-0.15, -0.1) is 0 Å². The van der Waals surface area contributed by atoms with E-state index in [4.69, 9.17) is 0 Å². The van der Waals surface area contributed by atoms with Gasteiger partial charge >= 0.3 is 0 Å². The number of aliphatic hydroxyl groups excluding tert-OH is 1. The minimum Gasteiger partial charge on any atom is -0.393 e. The van der Waals surface area contributed by atoms with Gasteiger partial charge in [0.15, 0.2) is 0 Å². The summed E-state index contributed by atoms with van der Waals surface area (Å²) in [5.74, 6) is 0. The summed E-state index contributed by atoms with van der Waals surface area (Å²) in [5.41, 5.74) is 0. The molecule has 106 valence electrons. The van der Waals surface area contributed by atoms with Crippen LogP contribution in [0.5, 0.6) is 0 Å². The van der Waals surface area contributed by atoms with E-state index in [1.54, 1.807) is 0 Å². The Morgan fingerprint density at radius 1 is 0.722 bits per heavy atom. The highest BCUT2D eigenvalue weighted by atomic mass is 16.3. The van der Waals surface area contributed by atoms with Crippen LogP contribution in [0.15, 0.2) is 0 Å². The molecule has 0 heterocycles. The van der Waals surface area contributed by atoms with Gasteiger partial charge in [-0.05, 0) is 12.8 Å². The number of carbonyl (C=O) groups excluding carboxylic acids is 2. The van der Waals surface area contributed by atoms with Gasteiger partial charge in [-0.2, -0.15) is 0 Å². The van der Waals surface area contributed by atoms with Crippen LogP contribution >= 0.6 is 0 Å².